The molecule has 1 aromatic carbocycles. The fraction of sp³-hybridized carbons (Fsp3) is 0.118. The van der Waals surface area contributed by atoms with Crippen molar-refractivity contribution in [2.45, 2.75) is 6.92 Å². The van der Waals surface area contributed by atoms with Crippen molar-refractivity contribution in [1.82, 2.24) is 4.90 Å². The Morgan fingerprint density at radius 2 is 1.96 bits per heavy atom. The smallest absolute Gasteiger partial charge is 0.294 e. The predicted octanol–water partition coefficient (Wildman–Crippen LogP) is 3.26. The van der Waals surface area contributed by atoms with Crippen molar-refractivity contribution < 1.29 is 18.8 Å². The van der Waals surface area contributed by atoms with Gasteiger partial charge >= 0.3 is 0 Å². The van der Waals surface area contributed by atoms with Gasteiger partial charge in [-0.3, -0.25) is 19.3 Å². The molecule has 0 aliphatic carbocycles. The van der Waals surface area contributed by atoms with Gasteiger partial charge in [0.1, 0.15) is 18.1 Å². The van der Waals surface area contributed by atoms with Crippen LogP contribution in [0.3, 0.4) is 0 Å². The molecule has 0 radical (unpaired) electrons. The van der Waals surface area contributed by atoms with Crippen LogP contribution in [0, 0.1) is 6.92 Å². The second-order valence-corrected chi connectivity index (χ2v) is 6.12. The lowest BCUT2D eigenvalue weighted by Gasteiger charge is -2.12. The van der Waals surface area contributed by atoms with Crippen LogP contribution in [-0.2, 0) is 9.59 Å². The van der Waals surface area contributed by atoms with Crippen LogP contribution in [0.5, 0.6) is 0 Å². The number of thioether (sulfide) groups is 1. The van der Waals surface area contributed by atoms with Crippen LogP contribution in [0.25, 0.3) is 6.08 Å². The molecule has 1 aliphatic rings. The third-order valence-corrected chi connectivity index (χ3v) is 4.17. The van der Waals surface area contributed by atoms with E-state index in [0.29, 0.717) is 17.2 Å². The summed E-state index contributed by atoms with van der Waals surface area (Å²) in [5.74, 6) is 0.273. The van der Waals surface area contributed by atoms with Gasteiger partial charge in [0.25, 0.3) is 11.1 Å². The van der Waals surface area contributed by atoms with E-state index in [-0.39, 0.29) is 11.4 Å². The summed E-state index contributed by atoms with van der Waals surface area (Å²) < 4.78 is 5.37. The first-order chi connectivity index (χ1) is 11.5. The quantitative estimate of drug-likeness (QED) is 0.863. The Bertz CT molecular complexity index is 826. The first-order valence-corrected chi connectivity index (χ1v) is 8.01. The molecular weight excluding hydrogens is 328 g/mol. The topological polar surface area (TPSA) is 79.6 Å². The van der Waals surface area contributed by atoms with Crippen molar-refractivity contribution >= 4 is 40.6 Å². The van der Waals surface area contributed by atoms with Crippen molar-refractivity contribution in [3.05, 3.63) is 58.9 Å². The number of carbonyl (C=O) groups excluding carboxylic acids is 3. The Morgan fingerprint density at radius 1 is 1.21 bits per heavy atom. The maximum atomic E-state index is 12.3. The van der Waals surface area contributed by atoms with Crippen molar-refractivity contribution in [2.24, 2.45) is 0 Å². The van der Waals surface area contributed by atoms with Gasteiger partial charge in [-0.1, -0.05) is 18.2 Å². The summed E-state index contributed by atoms with van der Waals surface area (Å²) in [6, 6.07) is 12.3. The minimum atomic E-state index is -0.498. The third kappa shape index (κ3) is 3.57. The molecule has 7 heteroatoms. The van der Waals surface area contributed by atoms with E-state index >= 15 is 0 Å². The van der Waals surface area contributed by atoms with Crippen LogP contribution < -0.4 is 5.32 Å². The zero-order valence-electron chi connectivity index (χ0n) is 12.8. The van der Waals surface area contributed by atoms with Crippen LogP contribution >= 0.6 is 11.8 Å². The largest absolute Gasteiger partial charge is 0.462 e. The number of para-hydroxylation sites is 1. The van der Waals surface area contributed by atoms with E-state index in [4.69, 9.17) is 4.42 Å². The molecule has 1 aliphatic heterocycles. The number of nitrogens with zero attached hydrogens (tertiary/aromatic N) is 1. The third-order valence-electron chi connectivity index (χ3n) is 3.27. The number of anilines is 1. The highest BCUT2D eigenvalue weighted by Gasteiger charge is 2.36. The second kappa shape index (κ2) is 6.76. The Hall–Kier alpha value is -2.80. The molecule has 1 saturated heterocycles. The Balaban J connectivity index is 1.68. The number of amides is 3. The van der Waals surface area contributed by atoms with Gasteiger partial charge in [0.2, 0.25) is 5.91 Å². The summed E-state index contributed by atoms with van der Waals surface area (Å²) in [6.07, 6.45) is 1.51. The lowest BCUT2D eigenvalue weighted by atomic mass is 10.3. The molecule has 3 amide bonds. The van der Waals surface area contributed by atoms with Gasteiger partial charge in [0.05, 0.1) is 4.91 Å². The van der Waals surface area contributed by atoms with Gasteiger partial charge in [0, 0.05) is 11.8 Å². The van der Waals surface area contributed by atoms with Gasteiger partial charge in [-0.15, -0.1) is 0 Å². The van der Waals surface area contributed by atoms with E-state index in [1.54, 1.807) is 43.3 Å². The molecule has 3 rings (SSSR count). The number of benzene rings is 1. The molecule has 0 spiro atoms. The summed E-state index contributed by atoms with van der Waals surface area (Å²) in [5.41, 5.74) is 0.607. The SMILES string of the molecule is Cc1ccc(/C=C2\SC(=O)N(CC(=O)Nc3ccccc3)C2=O)o1. The van der Waals surface area contributed by atoms with Gasteiger partial charge in [-0.2, -0.15) is 0 Å². The molecule has 6 nitrogen and oxygen atoms in total. The fourth-order valence-corrected chi connectivity index (χ4v) is 2.98. The molecule has 1 fully saturated rings. The number of imide groups is 1. The lowest BCUT2D eigenvalue weighted by Crippen LogP contribution is -2.36. The average molecular weight is 342 g/mol. The average Bonchev–Trinajstić information content (AvgIpc) is 3.07. The molecule has 0 atom stereocenters. The Labute approximate surface area is 142 Å². The first-order valence-electron chi connectivity index (χ1n) is 7.19. The summed E-state index contributed by atoms with van der Waals surface area (Å²) in [7, 11) is 0. The van der Waals surface area contributed by atoms with E-state index in [1.165, 1.54) is 6.08 Å². The van der Waals surface area contributed by atoms with Crippen molar-refractivity contribution in [1.29, 1.82) is 0 Å². The summed E-state index contributed by atoms with van der Waals surface area (Å²) in [6.45, 7) is 1.46. The number of aryl methyl sites for hydroxylation is 1. The zero-order chi connectivity index (χ0) is 17.1. The molecule has 24 heavy (non-hydrogen) atoms. The normalized spacial score (nSPS) is 16.0. The van der Waals surface area contributed by atoms with Crippen molar-refractivity contribution in [3.63, 3.8) is 0 Å². The first kappa shape index (κ1) is 16.1. The van der Waals surface area contributed by atoms with E-state index in [1.807, 2.05) is 6.07 Å². The predicted molar refractivity (Wildman–Crippen MR) is 91.2 cm³/mol. The van der Waals surface area contributed by atoms with Gasteiger partial charge in [-0.05, 0) is 43.0 Å². The van der Waals surface area contributed by atoms with E-state index in [2.05, 4.69) is 5.32 Å². The maximum Gasteiger partial charge on any atom is 0.294 e. The lowest BCUT2D eigenvalue weighted by molar-refractivity contribution is -0.127. The van der Waals surface area contributed by atoms with Gasteiger partial charge in [-0.25, -0.2) is 0 Å². The molecular formula is C17H14N2O4S. The highest BCUT2D eigenvalue weighted by molar-refractivity contribution is 8.18. The Kier molecular flexibility index (Phi) is 4.52. The van der Waals surface area contributed by atoms with Crippen LogP contribution in [0.15, 0.2) is 51.8 Å². The van der Waals surface area contributed by atoms with Gasteiger partial charge in [0.15, 0.2) is 0 Å². The van der Waals surface area contributed by atoms with Gasteiger partial charge < -0.3 is 9.73 Å². The van der Waals surface area contributed by atoms with E-state index < -0.39 is 17.1 Å². The maximum absolute atomic E-state index is 12.3. The van der Waals surface area contributed by atoms with Crippen molar-refractivity contribution in [3.8, 4) is 0 Å². The van der Waals surface area contributed by atoms with Crippen LogP contribution in [-0.4, -0.2) is 28.5 Å². The molecule has 0 saturated carbocycles. The molecule has 1 N–H and O–H groups in total. The number of nitrogens with one attached hydrogen (secondary N) is 1. The minimum absolute atomic E-state index is 0.238. The number of rotatable bonds is 4. The number of furan rings is 1. The second-order valence-electron chi connectivity index (χ2n) is 5.13. The number of hydrogen-bond donors (Lipinski definition) is 1. The van der Waals surface area contributed by atoms with Crippen LogP contribution in [0.2, 0.25) is 0 Å². The monoisotopic (exact) mass is 342 g/mol. The van der Waals surface area contributed by atoms with Crippen LogP contribution in [0.4, 0.5) is 10.5 Å². The van der Waals surface area contributed by atoms with E-state index in [9.17, 15) is 14.4 Å². The number of hydrogen-bond acceptors (Lipinski definition) is 5. The van der Waals surface area contributed by atoms with Crippen molar-refractivity contribution in [2.75, 3.05) is 11.9 Å². The highest BCUT2D eigenvalue weighted by atomic mass is 32.2. The number of carbonyl (C=O) groups is 3. The van der Waals surface area contributed by atoms with E-state index in [0.717, 1.165) is 16.7 Å². The summed E-state index contributed by atoms with van der Waals surface area (Å²) in [5, 5.41) is 2.17. The molecule has 0 bridgehead atoms. The summed E-state index contributed by atoms with van der Waals surface area (Å²) in [4.78, 5) is 37.5. The fourth-order valence-electron chi connectivity index (χ4n) is 2.16. The molecule has 2 heterocycles. The zero-order valence-corrected chi connectivity index (χ0v) is 13.6. The molecule has 122 valence electrons. The molecule has 2 aromatic rings. The highest BCUT2D eigenvalue weighted by Crippen LogP contribution is 2.32. The molecule has 1 aromatic heterocycles. The summed E-state index contributed by atoms with van der Waals surface area (Å²) >= 11 is 0.793. The van der Waals surface area contributed by atoms with Crippen LogP contribution in [0.1, 0.15) is 11.5 Å². The molecule has 0 unspecified atom stereocenters. The Morgan fingerprint density at radius 3 is 2.62 bits per heavy atom. The minimum Gasteiger partial charge on any atom is -0.462 e. The standard InChI is InChI=1S/C17H14N2O4S/c1-11-7-8-13(23-11)9-14-16(21)19(17(22)24-14)10-15(20)18-12-5-3-2-4-6-12/h2-9H,10H2,1H3,(H,18,20)/b14-9-.